The molecular formula is C22H25N3O3. The number of amides is 1. The van der Waals surface area contributed by atoms with Gasteiger partial charge in [0.2, 0.25) is 5.91 Å². The molecule has 3 heterocycles. The van der Waals surface area contributed by atoms with Crippen molar-refractivity contribution >= 4 is 23.4 Å². The minimum absolute atomic E-state index is 0.143. The van der Waals surface area contributed by atoms with E-state index in [4.69, 9.17) is 4.74 Å². The second-order valence-electron chi connectivity index (χ2n) is 7.63. The normalized spacial score (nSPS) is 19.2. The van der Waals surface area contributed by atoms with Gasteiger partial charge in [0, 0.05) is 50.3 Å². The summed E-state index contributed by atoms with van der Waals surface area (Å²) in [5, 5.41) is 0. The molecule has 0 saturated carbocycles. The van der Waals surface area contributed by atoms with Crippen LogP contribution < -0.4 is 4.90 Å². The molecule has 0 N–H and O–H groups in total. The molecule has 2 aliphatic heterocycles. The third-order valence-electron chi connectivity index (χ3n) is 5.67. The number of para-hydroxylation sites is 1. The number of cyclic esters (lactones) is 1. The van der Waals surface area contributed by atoms with Crippen LogP contribution in [-0.2, 0) is 14.3 Å². The topological polar surface area (TPSA) is 62.7 Å². The van der Waals surface area contributed by atoms with E-state index in [0.717, 1.165) is 31.0 Å². The third-order valence-corrected chi connectivity index (χ3v) is 5.67. The molecule has 1 aromatic carbocycles. The molecule has 1 aromatic heterocycles. The van der Waals surface area contributed by atoms with Crippen LogP contribution in [0.4, 0.5) is 11.5 Å². The molecule has 0 unspecified atom stereocenters. The van der Waals surface area contributed by atoms with E-state index < -0.39 is 0 Å². The van der Waals surface area contributed by atoms with Crippen molar-refractivity contribution in [1.29, 1.82) is 0 Å². The Labute approximate surface area is 165 Å². The smallest absolute Gasteiger partial charge is 0.306 e. The molecule has 6 nitrogen and oxygen atoms in total. The summed E-state index contributed by atoms with van der Waals surface area (Å²) in [6.07, 6.45) is 3.59. The number of pyridine rings is 1. The largest absolute Gasteiger partial charge is 0.465 e. The average Bonchev–Trinajstić information content (AvgIpc) is 3.11. The second kappa shape index (κ2) is 8.00. The fourth-order valence-corrected chi connectivity index (χ4v) is 3.75. The van der Waals surface area contributed by atoms with Crippen molar-refractivity contribution in [2.75, 3.05) is 31.6 Å². The molecule has 6 heteroatoms. The fraction of sp³-hybridized carbons (Fsp3) is 0.409. The highest BCUT2D eigenvalue weighted by Gasteiger charge is 2.32. The number of hydrogen-bond donors (Lipinski definition) is 0. The molecule has 2 aliphatic rings. The van der Waals surface area contributed by atoms with E-state index in [0.29, 0.717) is 25.4 Å². The number of likely N-dealkylation sites (tertiary alicyclic amines) is 1. The maximum Gasteiger partial charge on any atom is 0.306 e. The number of nitrogens with zero attached hydrogens (tertiary/aromatic N) is 3. The number of benzene rings is 1. The molecule has 1 amide bonds. The van der Waals surface area contributed by atoms with Crippen LogP contribution in [0.2, 0.25) is 0 Å². The number of aromatic nitrogens is 1. The SMILES string of the molecule is CN(c1ccccc1)c1ccc(C2CN(C(=O)CC[C@@H]3COC(=O)C3)C2)cn1. The highest BCUT2D eigenvalue weighted by Crippen LogP contribution is 2.30. The van der Waals surface area contributed by atoms with Crippen LogP contribution >= 0.6 is 0 Å². The van der Waals surface area contributed by atoms with E-state index in [1.54, 1.807) is 0 Å². The summed E-state index contributed by atoms with van der Waals surface area (Å²) in [6, 6.07) is 14.3. The lowest BCUT2D eigenvalue weighted by atomic mass is 9.91. The summed E-state index contributed by atoms with van der Waals surface area (Å²) in [5.74, 6) is 1.48. The number of anilines is 2. The Kier molecular flexibility index (Phi) is 5.28. The predicted molar refractivity (Wildman–Crippen MR) is 106 cm³/mol. The van der Waals surface area contributed by atoms with Crippen molar-refractivity contribution in [2.24, 2.45) is 5.92 Å². The molecule has 1 atom stereocenters. The average molecular weight is 379 g/mol. The summed E-state index contributed by atoms with van der Waals surface area (Å²) in [6.45, 7) is 1.95. The Morgan fingerprint density at radius 1 is 1.21 bits per heavy atom. The number of rotatable bonds is 6. The Bertz CT molecular complexity index is 832. The zero-order chi connectivity index (χ0) is 19.5. The highest BCUT2D eigenvalue weighted by atomic mass is 16.5. The van der Waals surface area contributed by atoms with E-state index in [2.05, 4.69) is 28.1 Å². The lowest BCUT2D eigenvalue weighted by Crippen LogP contribution is -2.48. The van der Waals surface area contributed by atoms with Gasteiger partial charge in [-0.1, -0.05) is 24.3 Å². The lowest BCUT2D eigenvalue weighted by molar-refractivity contribution is -0.138. The third kappa shape index (κ3) is 4.01. The molecule has 0 bridgehead atoms. The first kappa shape index (κ1) is 18.5. The van der Waals surface area contributed by atoms with Gasteiger partial charge < -0.3 is 14.5 Å². The van der Waals surface area contributed by atoms with Gasteiger partial charge in [0.1, 0.15) is 5.82 Å². The lowest BCUT2D eigenvalue weighted by Gasteiger charge is -2.39. The minimum atomic E-state index is -0.143. The molecule has 0 spiro atoms. The Balaban J connectivity index is 1.26. The van der Waals surface area contributed by atoms with Gasteiger partial charge in [0.15, 0.2) is 0 Å². The predicted octanol–water partition coefficient (Wildman–Crippen LogP) is 3.12. The van der Waals surface area contributed by atoms with Crippen LogP contribution in [-0.4, -0.2) is 48.5 Å². The summed E-state index contributed by atoms with van der Waals surface area (Å²) < 4.78 is 4.95. The van der Waals surface area contributed by atoms with E-state index in [1.165, 1.54) is 5.56 Å². The van der Waals surface area contributed by atoms with Crippen molar-refractivity contribution in [2.45, 2.75) is 25.2 Å². The Morgan fingerprint density at radius 2 is 2.00 bits per heavy atom. The molecule has 0 aliphatic carbocycles. The van der Waals surface area contributed by atoms with Gasteiger partial charge in [-0.05, 0) is 30.2 Å². The van der Waals surface area contributed by atoms with E-state index in [9.17, 15) is 9.59 Å². The van der Waals surface area contributed by atoms with Crippen molar-refractivity contribution in [3.8, 4) is 0 Å². The van der Waals surface area contributed by atoms with Crippen LogP contribution in [0.3, 0.4) is 0 Å². The van der Waals surface area contributed by atoms with Gasteiger partial charge >= 0.3 is 5.97 Å². The van der Waals surface area contributed by atoms with Gasteiger partial charge in [-0.2, -0.15) is 0 Å². The molecular weight excluding hydrogens is 354 g/mol. The van der Waals surface area contributed by atoms with Crippen molar-refractivity contribution in [3.05, 3.63) is 54.2 Å². The first-order chi connectivity index (χ1) is 13.6. The van der Waals surface area contributed by atoms with Crippen LogP contribution in [0.15, 0.2) is 48.7 Å². The van der Waals surface area contributed by atoms with Crippen LogP contribution in [0.1, 0.15) is 30.7 Å². The van der Waals surface area contributed by atoms with Crippen LogP contribution in [0, 0.1) is 5.92 Å². The molecule has 0 radical (unpaired) electrons. The van der Waals surface area contributed by atoms with Gasteiger partial charge in [-0.3, -0.25) is 9.59 Å². The second-order valence-corrected chi connectivity index (χ2v) is 7.63. The van der Waals surface area contributed by atoms with Crippen LogP contribution in [0.25, 0.3) is 0 Å². The molecule has 4 rings (SSSR count). The minimum Gasteiger partial charge on any atom is -0.465 e. The first-order valence-corrected chi connectivity index (χ1v) is 9.78. The van der Waals surface area contributed by atoms with Crippen molar-refractivity contribution in [1.82, 2.24) is 9.88 Å². The number of carbonyl (C=O) groups excluding carboxylic acids is 2. The Hall–Kier alpha value is -2.89. The van der Waals surface area contributed by atoms with Gasteiger partial charge in [0.25, 0.3) is 0 Å². The number of esters is 1. The van der Waals surface area contributed by atoms with Gasteiger partial charge in [-0.15, -0.1) is 0 Å². The molecule has 2 fully saturated rings. The van der Waals surface area contributed by atoms with E-state index in [-0.39, 0.29) is 17.8 Å². The number of carbonyl (C=O) groups is 2. The monoisotopic (exact) mass is 379 g/mol. The number of hydrogen-bond acceptors (Lipinski definition) is 5. The van der Waals surface area contributed by atoms with Crippen molar-refractivity contribution in [3.63, 3.8) is 0 Å². The maximum absolute atomic E-state index is 12.3. The van der Waals surface area contributed by atoms with Gasteiger partial charge in [0.05, 0.1) is 13.0 Å². The van der Waals surface area contributed by atoms with Crippen LogP contribution in [0.5, 0.6) is 0 Å². The first-order valence-electron chi connectivity index (χ1n) is 9.78. The summed E-state index contributed by atoms with van der Waals surface area (Å²) in [7, 11) is 2.00. The standard InChI is InChI=1S/C22H25N3O3/c1-24(19-5-3-2-4-6-19)20-9-8-17(12-23-20)18-13-25(14-18)21(26)10-7-16-11-22(27)28-15-16/h2-6,8-9,12,16,18H,7,10-11,13-15H2,1H3/t16-/m0/s1. The zero-order valence-electron chi connectivity index (χ0n) is 16.1. The molecule has 146 valence electrons. The summed E-state index contributed by atoms with van der Waals surface area (Å²) in [4.78, 5) is 32.0. The van der Waals surface area contributed by atoms with Crippen molar-refractivity contribution < 1.29 is 14.3 Å². The van der Waals surface area contributed by atoms with E-state index in [1.807, 2.05) is 42.4 Å². The Morgan fingerprint density at radius 3 is 2.64 bits per heavy atom. The highest BCUT2D eigenvalue weighted by molar-refractivity contribution is 5.77. The molecule has 2 aromatic rings. The fourth-order valence-electron chi connectivity index (χ4n) is 3.75. The summed E-state index contributed by atoms with van der Waals surface area (Å²) >= 11 is 0. The zero-order valence-corrected chi connectivity index (χ0v) is 16.1. The quantitative estimate of drug-likeness (QED) is 0.722. The molecule has 2 saturated heterocycles. The number of ether oxygens (including phenoxy) is 1. The summed E-state index contributed by atoms with van der Waals surface area (Å²) in [5.41, 5.74) is 2.27. The van der Waals surface area contributed by atoms with E-state index >= 15 is 0 Å². The maximum atomic E-state index is 12.3. The van der Waals surface area contributed by atoms with Gasteiger partial charge in [-0.25, -0.2) is 4.98 Å². The molecule has 28 heavy (non-hydrogen) atoms.